The Kier molecular flexibility index (Phi) is 7.99. The van der Waals surface area contributed by atoms with Gasteiger partial charge in [0.25, 0.3) is 5.91 Å². The van der Waals surface area contributed by atoms with E-state index in [1.807, 2.05) is 73.7 Å². The molecule has 5 aromatic rings. The molecule has 0 saturated carbocycles. The summed E-state index contributed by atoms with van der Waals surface area (Å²) in [6.45, 7) is 8.37. The van der Waals surface area contributed by atoms with Crippen LogP contribution in [0.25, 0.3) is 16.7 Å². The average molecular weight is 628 g/mol. The number of benzene rings is 2. The first kappa shape index (κ1) is 30.6. The number of nitrogens with one attached hydrogen (secondary N) is 2. The first-order valence-corrected chi connectivity index (χ1v) is 16.5. The number of pyridine rings is 2. The standard InChI is InChI=1S/C38H41N7O2/c1-24-7-14-29(15-8-24)45-34(23-33(43-45)38(2,3)4)42-37(47)40-28-12-9-25(10-13-28)20-26-21-30-16-17-31(22-26)44(30)36(46)32-18-11-27-6-5-19-39-35(27)41-32/h5-15,18-19,23,26,30-31H,16-17,20-22H2,1-4H3,(H2,40,42,47). The summed E-state index contributed by atoms with van der Waals surface area (Å²) < 4.78 is 1.78. The van der Waals surface area contributed by atoms with Crippen molar-refractivity contribution in [3.8, 4) is 5.69 Å². The Morgan fingerprint density at radius 3 is 2.32 bits per heavy atom. The molecule has 0 spiro atoms. The number of hydrogen-bond donors (Lipinski definition) is 2. The maximum Gasteiger partial charge on any atom is 0.324 e. The van der Waals surface area contributed by atoms with Crippen molar-refractivity contribution in [2.75, 3.05) is 10.6 Å². The largest absolute Gasteiger partial charge is 0.331 e. The van der Waals surface area contributed by atoms with E-state index in [4.69, 9.17) is 5.10 Å². The zero-order chi connectivity index (χ0) is 32.7. The Morgan fingerprint density at radius 1 is 0.894 bits per heavy atom. The van der Waals surface area contributed by atoms with E-state index in [2.05, 4.69) is 58.4 Å². The Hall–Kier alpha value is -5.05. The molecule has 9 nitrogen and oxygen atoms in total. The summed E-state index contributed by atoms with van der Waals surface area (Å²) in [5, 5.41) is 11.7. The quantitative estimate of drug-likeness (QED) is 0.201. The lowest BCUT2D eigenvalue weighted by atomic mass is 9.85. The molecule has 47 heavy (non-hydrogen) atoms. The highest BCUT2D eigenvalue weighted by molar-refractivity contribution is 5.99. The lowest BCUT2D eigenvalue weighted by molar-refractivity contribution is 0.0519. The SMILES string of the molecule is Cc1ccc(-n2nc(C(C)(C)C)cc2NC(=O)Nc2ccc(CC3CC4CCC(C3)N4C(=O)c3ccc4cccnc4n3)cc2)cc1. The van der Waals surface area contributed by atoms with Crippen LogP contribution in [0.2, 0.25) is 0 Å². The maximum absolute atomic E-state index is 13.5. The van der Waals surface area contributed by atoms with Crippen molar-refractivity contribution in [3.63, 3.8) is 0 Å². The van der Waals surface area contributed by atoms with Gasteiger partial charge in [-0.2, -0.15) is 5.10 Å². The number of urea groups is 1. The van der Waals surface area contributed by atoms with Gasteiger partial charge in [-0.3, -0.25) is 10.1 Å². The Labute approximate surface area is 275 Å². The molecule has 2 aliphatic heterocycles. The zero-order valence-corrected chi connectivity index (χ0v) is 27.4. The molecule has 3 amide bonds. The van der Waals surface area contributed by atoms with Gasteiger partial charge in [0, 0.05) is 40.8 Å². The molecule has 0 aliphatic carbocycles. The second-order valence-corrected chi connectivity index (χ2v) is 14.1. The van der Waals surface area contributed by atoms with Gasteiger partial charge in [0.1, 0.15) is 11.5 Å². The normalized spacial score (nSPS) is 19.1. The third-order valence-electron chi connectivity index (χ3n) is 9.48. The molecule has 5 heterocycles. The van der Waals surface area contributed by atoms with Crippen LogP contribution in [0.5, 0.6) is 0 Å². The van der Waals surface area contributed by atoms with Gasteiger partial charge in [-0.15, -0.1) is 0 Å². The van der Waals surface area contributed by atoms with Crippen molar-refractivity contribution < 1.29 is 9.59 Å². The molecule has 2 unspecified atom stereocenters. The van der Waals surface area contributed by atoms with Crippen LogP contribution in [0.1, 0.15) is 73.8 Å². The predicted molar refractivity (Wildman–Crippen MR) is 185 cm³/mol. The van der Waals surface area contributed by atoms with Crippen LogP contribution >= 0.6 is 0 Å². The van der Waals surface area contributed by atoms with Gasteiger partial charge in [0.15, 0.2) is 5.65 Å². The Bertz CT molecular complexity index is 1910. The molecule has 2 aromatic carbocycles. The minimum absolute atomic E-state index is 0.0220. The number of nitrogens with zero attached hydrogens (tertiary/aromatic N) is 5. The van der Waals surface area contributed by atoms with Crippen LogP contribution in [0, 0.1) is 12.8 Å². The summed E-state index contributed by atoms with van der Waals surface area (Å²) in [7, 11) is 0. The molecule has 2 bridgehead atoms. The van der Waals surface area contributed by atoms with Crippen molar-refractivity contribution in [2.24, 2.45) is 5.92 Å². The van der Waals surface area contributed by atoms with Crippen molar-refractivity contribution in [1.82, 2.24) is 24.6 Å². The lowest BCUT2D eigenvalue weighted by Gasteiger charge is -2.39. The number of hydrogen-bond acceptors (Lipinski definition) is 5. The third kappa shape index (κ3) is 6.48. The van der Waals surface area contributed by atoms with Crippen molar-refractivity contribution >= 4 is 34.5 Å². The second kappa shape index (κ2) is 12.3. The molecule has 9 heteroatoms. The first-order chi connectivity index (χ1) is 22.6. The van der Waals surface area contributed by atoms with E-state index in [-0.39, 0.29) is 29.4 Å². The summed E-state index contributed by atoms with van der Waals surface area (Å²) in [5.74, 6) is 1.14. The van der Waals surface area contributed by atoms with E-state index >= 15 is 0 Å². The molecule has 2 aliphatic rings. The Balaban J connectivity index is 0.971. The molecule has 2 saturated heterocycles. The number of piperidine rings is 1. The van der Waals surface area contributed by atoms with E-state index < -0.39 is 0 Å². The third-order valence-corrected chi connectivity index (χ3v) is 9.48. The lowest BCUT2D eigenvalue weighted by Crippen LogP contribution is -2.47. The highest BCUT2D eigenvalue weighted by atomic mass is 16.2. The topological polar surface area (TPSA) is 105 Å². The van der Waals surface area contributed by atoms with E-state index in [1.54, 1.807) is 10.9 Å². The molecule has 2 fully saturated rings. The molecule has 7 rings (SSSR count). The summed E-state index contributed by atoms with van der Waals surface area (Å²) in [4.78, 5) is 37.7. The molecule has 3 aromatic heterocycles. The fourth-order valence-corrected chi connectivity index (χ4v) is 7.05. The van der Waals surface area contributed by atoms with Gasteiger partial charge >= 0.3 is 6.03 Å². The first-order valence-electron chi connectivity index (χ1n) is 16.5. The predicted octanol–water partition coefficient (Wildman–Crippen LogP) is 7.69. The summed E-state index contributed by atoms with van der Waals surface area (Å²) in [6, 6.07) is 25.9. The van der Waals surface area contributed by atoms with Crippen LogP contribution in [0.4, 0.5) is 16.3 Å². The number of carbonyl (C=O) groups excluding carboxylic acids is 2. The molecule has 2 N–H and O–H groups in total. The Morgan fingerprint density at radius 2 is 1.62 bits per heavy atom. The van der Waals surface area contributed by atoms with Crippen molar-refractivity contribution in [1.29, 1.82) is 0 Å². The minimum atomic E-state index is -0.322. The van der Waals surface area contributed by atoms with Gasteiger partial charge in [-0.25, -0.2) is 19.4 Å². The number of aryl methyl sites for hydroxylation is 1. The smallest absolute Gasteiger partial charge is 0.324 e. The second-order valence-electron chi connectivity index (χ2n) is 14.1. The van der Waals surface area contributed by atoms with E-state index in [9.17, 15) is 9.59 Å². The van der Waals surface area contributed by atoms with E-state index in [0.717, 1.165) is 60.1 Å². The van der Waals surface area contributed by atoms with Crippen LogP contribution in [-0.2, 0) is 11.8 Å². The average Bonchev–Trinajstić information content (AvgIpc) is 3.60. The summed E-state index contributed by atoms with van der Waals surface area (Å²) in [6.07, 6.45) is 6.71. The fourth-order valence-electron chi connectivity index (χ4n) is 7.05. The number of amides is 3. The monoisotopic (exact) mass is 627 g/mol. The highest BCUT2D eigenvalue weighted by Gasteiger charge is 2.43. The molecule has 0 radical (unpaired) electrons. The van der Waals surface area contributed by atoms with Gasteiger partial charge in [0.2, 0.25) is 0 Å². The van der Waals surface area contributed by atoms with Crippen molar-refractivity contribution in [2.45, 2.75) is 77.3 Å². The van der Waals surface area contributed by atoms with Gasteiger partial charge in [0.05, 0.1) is 11.4 Å². The maximum atomic E-state index is 13.5. The van der Waals surface area contributed by atoms with Crippen LogP contribution in [0.3, 0.4) is 0 Å². The highest BCUT2D eigenvalue weighted by Crippen LogP contribution is 2.41. The number of fused-ring (bicyclic) bond motifs is 3. The van der Waals surface area contributed by atoms with Gasteiger partial charge in [-0.1, -0.05) is 50.6 Å². The summed E-state index contributed by atoms with van der Waals surface area (Å²) >= 11 is 0. The van der Waals surface area contributed by atoms with Crippen LogP contribution in [-0.4, -0.2) is 48.7 Å². The van der Waals surface area contributed by atoms with Crippen LogP contribution in [0.15, 0.2) is 85.1 Å². The number of rotatable bonds is 6. The molecule has 240 valence electrons. The van der Waals surface area contributed by atoms with Gasteiger partial charge in [-0.05, 0) is 99.0 Å². The van der Waals surface area contributed by atoms with E-state index in [0.29, 0.717) is 23.1 Å². The van der Waals surface area contributed by atoms with Crippen LogP contribution < -0.4 is 10.6 Å². The summed E-state index contributed by atoms with van der Waals surface area (Å²) in [5.41, 5.74) is 5.81. The number of carbonyl (C=O) groups is 2. The molecular formula is C38H41N7O2. The van der Waals surface area contributed by atoms with Gasteiger partial charge < -0.3 is 10.2 Å². The fraction of sp³-hybridized carbons (Fsp3) is 0.342. The minimum Gasteiger partial charge on any atom is -0.331 e. The zero-order valence-electron chi connectivity index (χ0n) is 27.4. The number of aromatic nitrogens is 4. The molecule has 2 atom stereocenters. The van der Waals surface area contributed by atoms with Crippen molar-refractivity contribution in [3.05, 3.63) is 108 Å². The van der Waals surface area contributed by atoms with E-state index in [1.165, 1.54) is 5.56 Å². The molecular weight excluding hydrogens is 586 g/mol. The number of anilines is 2.